The van der Waals surface area contributed by atoms with Crippen LogP contribution in [0.15, 0.2) is 36.4 Å². The van der Waals surface area contributed by atoms with Gasteiger partial charge in [0.05, 0.1) is 19.0 Å². The number of methoxy groups -OCH3 is 2. The van der Waals surface area contributed by atoms with Gasteiger partial charge in [-0.25, -0.2) is 4.39 Å². The fraction of sp³-hybridized carbons (Fsp3) is 0.250. The number of alkyl halides is 1. The number of rotatable bonds is 4. The van der Waals surface area contributed by atoms with E-state index in [2.05, 4.69) is 15.9 Å². The van der Waals surface area contributed by atoms with E-state index in [-0.39, 0.29) is 10.6 Å². The second kappa shape index (κ2) is 6.27. The topological polar surface area (TPSA) is 18.5 Å². The van der Waals surface area contributed by atoms with Gasteiger partial charge in [-0.2, -0.15) is 0 Å². The standard InChI is InChI=1S/C16H16BrFO2/c1-10-4-6-12(14(18)8-10)16(17)13-9-11(19-2)5-7-15(13)20-3/h4-9,16H,1-3H3. The molecule has 0 fully saturated rings. The van der Waals surface area contributed by atoms with Gasteiger partial charge in [-0.05, 0) is 36.8 Å². The SMILES string of the molecule is COc1ccc(OC)c(C(Br)c2ccc(C)cc2F)c1. The molecular weight excluding hydrogens is 323 g/mol. The number of ether oxygens (including phenoxy) is 2. The summed E-state index contributed by atoms with van der Waals surface area (Å²) in [5.74, 6) is 1.15. The minimum atomic E-state index is -0.298. The summed E-state index contributed by atoms with van der Waals surface area (Å²) in [4.78, 5) is -0.298. The summed E-state index contributed by atoms with van der Waals surface area (Å²) in [6.45, 7) is 1.86. The van der Waals surface area contributed by atoms with Crippen molar-refractivity contribution in [2.75, 3.05) is 14.2 Å². The number of benzene rings is 2. The Bertz CT molecular complexity index is 613. The van der Waals surface area contributed by atoms with E-state index in [1.807, 2.05) is 31.2 Å². The molecule has 0 aliphatic rings. The zero-order chi connectivity index (χ0) is 14.7. The minimum Gasteiger partial charge on any atom is -0.497 e. The monoisotopic (exact) mass is 338 g/mol. The van der Waals surface area contributed by atoms with E-state index in [1.54, 1.807) is 20.3 Å². The second-order valence-corrected chi connectivity index (χ2v) is 5.41. The Labute approximate surface area is 126 Å². The molecule has 4 heteroatoms. The van der Waals surface area contributed by atoms with Crippen molar-refractivity contribution in [3.8, 4) is 11.5 Å². The first-order valence-corrected chi connectivity index (χ1v) is 7.10. The van der Waals surface area contributed by atoms with Gasteiger partial charge >= 0.3 is 0 Å². The van der Waals surface area contributed by atoms with Gasteiger partial charge in [0.1, 0.15) is 17.3 Å². The molecule has 0 radical (unpaired) electrons. The lowest BCUT2D eigenvalue weighted by atomic mass is 10.0. The van der Waals surface area contributed by atoms with Crippen LogP contribution in [-0.4, -0.2) is 14.2 Å². The summed E-state index contributed by atoms with van der Waals surface area (Å²) >= 11 is 3.55. The summed E-state index contributed by atoms with van der Waals surface area (Å²) in [6, 6.07) is 10.7. The normalized spacial score (nSPS) is 12.1. The molecule has 0 aliphatic heterocycles. The van der Waals surface area contributed by atoms with Crippen molar-refractivity contribution in [1.82, 2.24) is 0 Å². The molecule has 0 spiro atoms. The third-order valence-corrected chi connectivity index (χ3v) is 4.13. The molecule has 20 heavy (non-hydrogen) atoms. The Morgan fingerprint density at radius 1 is 1.00 bits per heavy atom. The maximum Gasteiger partial charge on any atom is 0.128 e. The highest BCUT2D eigenvalue weighted by Gasteiger charge is 2.19. The van der Waals surface area contributed by atoms with Gasteiger partial charge in [0, 0.05) is 11.1 Å². The average molecular weight is 339 g/mol. The second-order valence-electron chi connectivity index (χ2n) is 4.50. The Hall–Kier alpha value is -1.55. The first kappa shape index (κ1) is 14.9. The zero-order valence-corrected chi connectivity index (χ0v) is 13.2. The lowest BCUT2D eigenvalue weighted by molar-refractivity contribution is 0.399. The van der Waals surface area contributed by atoms with Crippen LogP contribution in [0.1, 0.15) is 21.5 Å². The predicted molar refractivity (Wildman–Crippen MR) is 81.5 cm³/mol. The Balaban J connectivity index is 2.48. The highest BCUT2D eigenvalue weighted by molar-refractivity contribution is 9.09. The summed E-state index contributed by atoms with van der Waals surface area (Å²) in [5, 5.41) is 0. The van der Waals surface area contributed by atoms with Crippen LogP contribution in [0.5, 0.6) is 11.5 Å². The van der Waals surface area contributed by atoms with E-state index in [4.69, 9.17) is 9.47 Å². The first-order valence-electron chi connectivity index (χ1n) is 6.19. The molecule has 1 unspecified atom stereocenters. The third kappa shape index (κ3) is 2.96. The molecular formula is C16H16BrFO2. The molecule has 106 valence electrons. The molecule has 0 N–H and O–H groups in total. The fourth-order valence-electron chi connectivity index (χ4n) is 2.04. The van der Waals surface area contributed by atoms with Gasteiger partial charge in [0.2, 0.25) is 0 Å². The molecule has 0 saturated heterocycles. The molecule has 2 rings (SSSR count). The highest BCUT2D eigenvalue weighted by Crippen LogP contribution is 2.39. The van der Waals surface area contributed by atoms with Crippen molar-refractivity contribution in [2.24, 2.45) is 0 Å². The van der Waals surface area contributed by atoms with E-state index < -0.39 is 0 Å². The Kier molecular flexibility index (Phi) is 4.65. The van der Waals surface area contributed by atoms with Crippen molar-refractivity contribution in [2.45, 2.75) is 11.8 Å². The van der Waals surface area contributed by atoms with Crippen LogP contribution in [-0.2, 0) is 0 Å². The quantitative estimate of drug-likeness (QED) is 0.756. The molecule has 0 amide bonds. The van der Waals surface area contributed by atoms with Crippen molar-refractivity contribution >= 4 is 15.9 Å². The summed E-state index contributed by atoms with van der Waals surface area (Å²) in [6.07, 6.45) is 0. The molecule has 2 aromatic carbocycles. The highest BCUT2D eigenvalue weighted by atomic mass is 79.9. The molecule has 0 bridgehead atoms. The van der Waals surface area contributed by atoms with Crippen LogP contribution in [0.4, 0.5) is 4.39 Å². The Morgan fingerprint density at radius 2 is 1.75 bits per heavy atom. The molecule has 0 aromatic heterocycles. The summed E-state index contributed by atoms with van der Waals surface area (Å²) in [7, 11) is 3.19. The van der Waals surface area contributed by atoms with Gasteiger partial charge in [0.15, 0.2) is 0 Å². The molecule has 0 saturated carbocycles. The number of hydrogen-bond acceptors (Lipinski definition) is 2. The smallest absolute Gasteiger partial charge is 0.128 e. The van der Waals surface area contributed by atoms with Crippen molar-refractivity contribution in [1.29, 1.82) is 0 Å². The number of halogens is 2. The van der Waals surface area contributed by atoms with E-state index in [0.717, 1.165) is 11.1 Å². The maximum atomic E-state index is 14.1. The lowest BCUT2D eigenvalue weighted by Crippen LogP contribution is -2.00. The maximum absolute atomic E-state index is 14.1. The molecule has 0 aliphatic carbocycles. The van der Waals surface area contributed by atoms with Crippen LogP contribution in [0.2, 0.25) is 0 Å². The number of hydrogen-bond donors (Lipinski definition) is 0. The zero-order valence-electron chi connectivity index (χ0n) is 11.6. The van der Waals surface area contributed by atoms with E-state index >= 15 is 0 Å². The molecule has 0 heterocycles. The largest absolute Gasteiger partial charge is 0.497 e. The predicted octanol–water partition coefficient (Wildman–Crippen LogP) is 4.64. The van der Waals surface area contributed by atoms with Crippen LogP contribution in [0.25, 0.3) is 0 Å². The minimum absolute atomic E-state index is 0.239. The van der Waals surface area contributed by atoms with Gasteiger partial charge < -0.3 is 9.47 Å². The van der Waals surface area contributed by atoms with Crippen molar-refractivity contribution < 1.29 is 13.9 Å². The van der Waals surface area contributed by atoms with Crippen LogP contribution in [0.3, 0.4) is 0 Å². The molecule has 1 atom stereocenters. The lowest BCUT2D eigenvalue weighted by Gasteiger charge is -2.16. The van der Waals surface area contributed by atoms with Crippen LogP contribution >= 0.6 is 15.9 Å². The average Bonchev–Trinajstić information content (AvgIpc) is 2.46. The third-order valence-electron chi connectivity index (χ3n) is 3.14. The van der Waals surface area contributed by atoms with E-state index in [1.165, 1.54) is 6.07 Å². The van der Waals surface area contributed by atoms with Gasteiger partial charge in [-0.15, -0.1) is 0 Å². The van der Waals surface area contributed by atoms with E-state index in [0.29, 0.717) is 17.1 Å². The van der Waals surface area contributed by atoms with Gasteiger partial charge in [0.25, 0.3) is 0 Å². The molecule has 2 nitrogen and oxygen atoms in total. The fourth-order valence-corrected chi connectivity index (χ4v) is 2.77. The summed E-state index contributed by atoms with van der Waals surface area (Å²) < 4.78 is 24.7. The molecule has 2 aromatic rings. The van der Waals surface area contributed by atoms with E-state index in [9.17, 15) is 4.39 Å². The van der Waals surface area contributed by atoms with Gasteiger partial charge in [-0.3, -0.25) is 0 Å². The number of aryl methyl sites for hydroxylation is 1. The van der Waals surface area contributed by atoms with Crippen molar-refractivity contribution in [3.05, 3.63) is 58.9 Å². The first-order chi connectivity index (χ1) is 9.56. The summed E-state index contributed by atoms with van der Waals surface area (Å²) in [5.41, 5.74) is 2.29. The van der Waals surface area contributed by atoms with Crippen molar-refractivity contribution in [3.63, 3.8) is 0 Å². The van der Waals surface area contributed by atoms with Crippen LogP contribution < -0.4 is 9.47 Å². The Morgan fingerprint density at radius 3 is 2.35 bits per heavy atom. The van der Waals surface area contributed by atoms with Gasteiger partial charge in [-0.1, -0.05) is 28.1 Å². The van der Waals surface area contributed by atoms with Crippen LogP contribution in [0, 0.1) is 12.7 Å².